The van der Waals surface area contributed by atoms with E-state index in [-0.39, 0.29) is 5.56 Å². The molecule has 0 bridgehead atoms. The predicted octanol–water partition coefficient (Wildman–Crippen LogP) is 3.51. The van der Waals surface area contributed by atoms with E-state index in [1.165, 1.54) is 57.9 Å². The summed E-state index contributed by atoms with van der Waals surface area (Å²) in [4.78, 5) is 30.8. The molecule has 2 fully saturated rings. The Hall–Kier alpha value is -2.32. The Labute approximate surface area is 173 Å². The first-order chi connectivity index (χ1) is 14.3. The van der Waals surface area contributed by atoms with E-state index in [1.54, 1.807) is 23.6 Å². The molecule has 0 spiro atoms. The number of hydrogen-bond acceptors (Lipinski definition) is 7. The molecule has 29 heavy (non-hydrogen) atoms. The van der Waals surface area contributed by atoms with Crippen molar-refractivity contribution >= 4 is 27.4 Å². The molecule has 1 aliphatic heterocycles. The van der Waals surface area contributed by atoms with Gasteiger partial charge in [-0.15, -0.1) is 11.3 Å². The highest BCUT2D eigenvalue weighted by Crippen LogP contribution is 2.29. The summed E-state index contributed by atoms with van der Waals surface area (Å²) in [6.45, 7) is 3.44. The number of H-pyrrole nitrogens is 1. The number of rotatable bonds is 5. The molecular formula is C21H26N6OS. The normalized spacial score (nSPS) is 19.2. The van der Waals surface area contributed by atoms with Crippen LogP contribution in [0.4, 0.5) is 5.13 Å². The number of aromatic nitrogens is 4. The van der Waals surface area contributed by atoms with Gasteiger partial charge >= 0.3 is 0 Å². The number of hydrogen-bond donors (Lipinski definition) is 2. The molecule has 2 N–H and O–H groups in total. The Morgan fingerprint density at radius 1 is 1.17 bits per heavy atom. The Morgan fingerprint density at radius 3 is 2.83 bits per heavy atom. The van der Waals surface area contributed by atoms with Crippen LogP contribution >= 0.6 is 11.3 Å². The van der Waals surface area contributed by atoms with Crippen molar-refractivity contribution in [3.63, 3.8) is 0 Å². The van der Waals surface area contributed by atoms with E-state index in [4.69, 9.17) is 4.98 Å². The lowest BCUT2D eigenvalue weighted by Gasteiger charge is -2.36. The minimum Gasteiger partial charge on any atom is -0.361 e. The Kier molecular flexibility index (Phi) is 5.28. The van der Waals surface area contributed by atoms with Crippen molar-refractivity contribution in [1.82, 2.24) is 24.8 Å². The van der Waals surface area contributed by atoms with E-state index >= 15 is 0 Å². The molecule has 8 heteroatoms. The summed E-state index contributed by atoms with van der Waals surface area (Å²) in [5, 5.41) is 6.94. The first-order valence-corrected chi connectivity index (χ1v) is 11.4. The highest BCUT2D eigenvalue weighted by atomic mass is 32.1. The van der Waals surface area contributed by atoms with Crippen LogP contribution in [0.1, 0.15) is 38.5 Å². The highest BCUT2D eigenvalue weighted by Gasteiger charge is 2.27. The Morgan fingerprint density at radius 2 is 2.00 bits per heavy atom. The van der Waals surface area contributed by atoms with Crippen molar-refractivity contribution in [1.29, 1.82) is 0 Å². The van der Waals surface area contributed by atoms with E-state index in [0.717, 1.165) is 23.4 Å². The van der Waals surface area contributed by atoms with Crippen molar-refractivity contribution in [2.45, 2.75) is 44.6 Å². The molecule has 1 aliphatic carbocycles. The van der Waals surface area contributed by atoms with Gasteiger partial charge in [-0.2, -0.15) is 0 Å². The maximum absolute atomic E-state index is 12.0. The van der Waals surface area contributed by atoms with Crippen LogP contribution in [0.15, 0.2) is 28.8 Å². The molecule has 0 unspecified atom stereocenters. The number of anilines is 1. The quantitative estimate of drug-likeness (QED) is 0.669. The van der Waals surface area contributed by atoms with Crippen LogP contribution in [0, 0.1) is 5.92 Å². The Bertz CT molecular complexity index is 1030. The molecule has 3 aromatic heterocycles. The number of pyridine rings is 1. The zero-order valence-electron chi connectivity index (χ0n) is 16.4. The fourth-order valence-corrected chi connectivity index (χ4v) is 5.38. The number of nitrogens with zero attached hydrogens (tertiary/aromatic N) is 4. The van der Waals surface area contributed by atoms with Crippen LogP contribution in [0.3, 0.4) is 0 Å². The molecule has 5 rings (SSSR count). The summed E-state index contributed by atoms with van der Waals surface area (Å²) in [5.41, 5.74) is 1.85. The van der Waals surface area contributed by atoms with Crippen molar-refractivity contribution in [2.24, 2.45) is 5.92 Å². The van der Waals surface area contributed by atoms with E-state index in [9.17, 15) is 4.79 Å². The fraction of sp³-hybridized carbons (Fsp3) is 0.524. The van der Waals surface area contributed by atoms with Crippen molar-refractivity contribution in [3.05, 3.63) is 34.3 Å². The van der Waals surface area contributed by atoms with Crippen molar-refractivity contribution in [3.8, 4) is 11.4 Å². The van der Waals surface area contributed by atoms with E-state index < -0.39 is 0 Å². The van der Waals surface area contributed by atoms with Gasteiger partial charge in [0.05, 0.1) is 11.7 Å². The largest absolute Gasteiger partial charge is 0.361 e. The molecule has 2 aliphatic rings. The molecule has 0 atom stereocenters. The third-order valence-electron chi connectivity index (χ3n) is 6.34. The lowest BCUT2D eigenvalue weighted by molar-refractivity contribution is 0.138. The van der Waals surface area contributed by atoms with Crippen LogP contribution in [0.25, 0.3) is 22.3 Å². The molecule has 152 valence electrons. The summed E-state index contributed by atoms with van der Waals surface area (Å²) >= 11 is 1.58. The minimum atomic E-state index is -0.156. The average Bonchev–Trinajstić information content (AvgIpc) is 3.45. The molecular weight excluding hydrogens is 384 g/mol. The second kappa shape index (κ2) is 8.20. The van der Waals surface area contributed by atoms with Gasteiger partial charge in [0.2, 0.25) is 0 Å². The molecule has 0 radical (unpaired) electrons. The molecule has 4 heterocycles. The summed E-state index contributed by atoms with van der Waals surface area (Å²) in [5.74, 6) is 0.705. The van der Waals surface area contributed by atoms with Gasteiger partial charge in [0.15, 0.2) is 5.13 Å². The zero-order valence-corrected chi connectivity index (χ0v) is 17.2. The van der Waals surface area contributed by atoms with Gasteiger partial charge < -0.3 is 15.2 Å². The maximum Gasteiger partial charge on any atom is 0.258 e. The number of likely N-dealkylation sites (tertiary alicyclic amines) is 1. The molecule has 1 saturated carbocycles. The first-order valence-electron chi connectivity index (χ1n) is 10.5. The first kappa shape index (κ1) is 18.7. The number of aromatic amines is 1. The van der Waals surface area contributed by atoms with Gasteiger partial charge in [0.1, 0.15) is 16.9 Å². The van der Waals surface area contributed by atoms with E-state index in [0.29, 0.717) is 22.5 Å². The van der Waals surface area contributed by atoms with Crippen molar-refractivity contribution < 1.29 is 0 Å². The van der Waals surface area contributed by atoms with Crippen LogP contribution in [-0.2, 0) is 0 Å². The standard InChI is InChI=1S/C21H26N6OS/c28-20-16-5-8-22-19(18(16)24-13-25-20)17-12-29-21(26-17)23-11-14-6-9-27(10-7-14)15-3-1-2-4-15/h5,8,12-15H,1-4,6-7,9-11H2,(H,23,26)(H,24,25,28). The van der Waals surface area contributed by atoms with E-state index in [2.05, 4.69) is 25.2 Å². The SMILES string of the molecule is O=c1[nH]cnc2c(-c3csc(NCC4CCN(C5CCCC5)CC4)n3)nccc12. The van der Waals surface area contributed by atoms with Crippen LogP contribution < -0.4 is 10.9 Å². The van der Waals surface area contributed by atoms with Crippen LogP contribution in [0.2, 0.25) is 0 Å². The second-order valence-electron chi connectivity index (χ2n) is 8.12. The number of piperidine rings is 1. The molecule has 3 aromatic rings. The zero-order chi connectivity index (χ0) is 19.6. The van der Waals surface area contributed by atoms with Crippen molar-refractivity contribution in [2.75, 3.05) is 25.0 Å². The lowest BCUT2D eigenvalue weighted by Crippen LogP contribution is -2.41. The van der Waals surface area contributed by atoms with E-state index in [1.807, 2.05) is 5.38 Å². The highest BCUT2D eigenvalue weighted by molar-refractivity contribution is 7.14. The average molecular weight is 411 g/mol. The second-order valence-corrected chi connectivity index (χ2v) is 8.98. The monoisotopic (exact) mass is 410 g/mol. The van der Waals surface area contributed by atoms with Crippen LogP contribution in [-0.4, -0.2) is 50.5 Å². The Balaban J connectivity index is 1.22. The fourth-order valence-electron chi connectivity index (χ4n) is 4.68. The molecule has 0 amide bonds. The molecule has 0 aromatic carbocycles. The molecule has 7 nitrogen and oxygen atoms in total. The third kappa shape index (κ3) is 3.91. The number of fused-ring (bicyclic) bond motifs is 1. The van der Waals surface area contributed by atoms with Gasteiger partial charge in [-0.05, 0) is 50.8 Å². The van der Waals surface area contributed by atoms with Crippen LogP contribution in [0.5, 0.6) is 0 Å². The topological polar surface area (TPSA) is 86.8 Å². The summed E-state index contributed by atoms with van der Waals surface area (Å²) in [6, 6.07) is 2.54. The van der Waals surface area contributed by atoms with Gasteiger partial charge in [-0.3, -0.25) is 9.78 Å². The maximum atomic E-state index is 12.0. The predicted molar refractivity (Wildman–Crippen MR) is 116 cm³/mol. The molecule has 1 saturated heterocycles. The summed E-state index contributed by atoms with van der Waals surface area (Å²) in [7, 11) is 0. The minimum absolute atomic E-state index is 0.156. The number of thiazole rings is 1. The van der Waals surface area contributed by atoms with Gasteiger partial charge in [0.25, 0.3) is 5.56 Å². The summed E-state index contributed by atoms with van der Waals surface area (Å²) < 4.78 is 0. The lowest BCUT2D eigenvalue weighted by atomic mass is 9.95. The van der Waals surface area contributed by atoms with Gasteiger partial charge in [-0.25, -0.2) is 9.97 Å². The third-order valence-corrected chi connectivity index (χ3v) is 7.14. The number of nitrogens with one attached hydrogen (secondary N) is 2. The smallest absolute Gasteiger partial charge is 0.258 e. The summed E-state index contributed by atoms with van der Waals surface area (Å²) in [6.07, 6.45) is 11.2. The van der Waals surface area contributed by atoms with Gasteiger partial charge in [0, 0.05) is 24.2 Å². The van der Waals surface area contributed by atoms with Gasteiger partial charge in [-0.1, -0.05) is 12.8 Å².